The van der Waals surface area contributed by atoms with Crippen LogP contribution in [0.3, 0.4) is 0 Å². The molecule has 3 aromatic rings. The Labute approximate surface area is 285 Å². The van der Waals surface area contributed by atoms with E-state index >= 15 is 0 Å². The molecule has 4 rings (SSSR count). The van der Waals surface area contributed by atoms with Crippen LogP contribution in [-0.2, 0) is 41.8 Å². The standard InChI is InChI=1S/C35H45N7O7/c1-34(2,3)49-33(47)40-35(4,5)32(46)38-26(22-48-21-24-13-8-6-9-14-24)30(44)39-28-19-41(23-36-28)20-29(43)42-18-12-17-27(42)31(45)37-25-15-10-7-11-16-25/h6-11,13-16,19,23,26-27H,12,17-18,20-22H2,1-5H3,(H,37,45)(H,38,46)(H,39,44)(H,40,47)/t26-,27-/m1/s1. The number of hydrogen-bond donors (Lipinski definition) is 4. The van der Waals surface area contributed by atoms with Crippen molar-refractivity contribution in [3.8, 4) is 0 Å². The zero-order chi connectivity index (χ0) is 35.6. The number of carbonyl (C=O) groups excluding carboxylic acids is 5. The van der Waals surface area contributed by atoms with Crippen LogP contribution in [0.2, 0.25) is 0 Å². The number of para-hydroxylation sites is 1. The van der Waals surface area contributed by atoms with Gasteiger partial charge in [0.15, 0.2) is 5.82 Å². The summed E-state index contributed by atoms with van der Waals surface area (Å²) >= 11 is 0. The molecule has 5 amide bonds. The first-order valence-corrected chi connectivity index (χ1v) is 16.1. The zero-order valence-corrected chi connectivity index (χ0v) is 28.5. The summed E-state index contributed by atoms with van der Waals surface area (Å²) in [6.45, 7) is 8.45. The maximum atomic E-state index is 13.4. The SMILES string of the molecule is CC(C)(C)OC(=O)NC(C)(C)C(=O)N[C@H](COCc1ccccc1)C(=O)Nc1cn(CC(=O)N2CCC[C@@H]2C(=O)Nc2ccccc2)cn1. The fraction of sp³-hybridized carbons (Fsp3) is 0.429. The minimum atomic E-state index is -1.44. The number of benzene rings is 2. The molecule has 0 saturated carbocycles. The zero-order valence-electron chi connectivity index (χ0n) is 28.5. The number of imidazole rings is 1. The van der Waals surface area contributed by atoms with Crippen molar-refractivity contribution < 1.29 is 33.4 Å². The number of anilines is 2. The van der Waals surface area contributed by atoms with Crippen LogP contribution in [0.1, 0.15) is 53.0 Å². The molecule has 49 heavy (non-hydrogen) atoms. The minimum absolute atomic E-state index is 0.0944. The van der Waals surface area contributed by atoms with Crippen LogP contribution in [-0.4, -0.2) is 80.5 Å². The van der Waals surface area contributed by atoms with E-state index in [1.807, 2.05) is 48.5 Å². The third kappa shape index (κ3) is 11.2. The number of aromatic nitrogens is 2. The summed E-state index contributed by atoms with van der Waals surface area (Å²) < 4.78 is 12.6. The van der Waals surface area contributed by atoms with E-state index in [1.165, 1.54) is 30.9 Å². The molecule has 0 aliphatic carbocycles. The summed E-state index contributed by atoms with van der Waals surface area (Å²) in [5, 5.41) is 10.7. The Morgan fingerprint density at radius 2 is 1.61 bits per heavy atom. The molecule has 1 fully saturated rings. The summed E-state index contributed by atoms with van der Waals surface area (Å²) in [4.78, 5) is 71.1. The number of carbonyl (C=O) groups is 5. The second-order valence-electron chi connectivity index (χ2n) is 13.3. The van der Waals surface area contributed by atoms with Crippen LogP contribution < -0.4 is 21.3 Å². The van der Waals surface area contributed by atoms with Crippen molar-refractivity contribution in [2.75, 3.05) is 23.8 Å². The molecule has 0 bridgehead atoms. The Bertz CT molecular complexity index is 1600. The number of alkyl carbamates (subject to hydrolysis) is 1. The molecule has 4 N–H and O–H groups in total. The number of ether oxygens (including phenoxy) is 2. The van der Waals surface area contributed by atoms with Gasteiger partial charge in [0.1, 0.15) is 29.8 Å². The van der Waals surface area contributed by atoms with Crippen molar-refractivity contribution in [1.29, 1.82) is 0 Å². The Morgan fingerprint density at radius 3 is 2.29 bits per heavy atom. The lowest BCUT2D eigenvalue weighted by Crippen LogP contribution is -2.59. The van der Waals surface area contributed by atoms with E-state index in [-0.39, 0.29) is 37.4 Å². The highest BCUT2D eigenvalue weighted by Crippen LogP contribution is 2.20. The molecule has 262 valence electrons. The van der Waals surface area contributed by atoms with E-state index in [1.54, 1.807) is 37.8 Å². The normalized spacial score (nSPS) is 15.2. The van der Waals surface area contributed by atoms with Gasteiger partial charge in [-0.3, -0.25) is 19.2 Å². The van der Waals surface area contributed by atoms with E-state index in [0.29, 0.717) is 25.1 Å². The van der Waals surface area contributed by atoms with Gasteiger partial charge in [-0.1, -0.05) is 48.5 Å². The number of rotatable bonds is 13. The Hall–Kier alpha value is -5.24. The fourth-order valence-electron chi connectivity index (χ4n) is 5.06. The van der Waals surface area contributed by atoms with Crippen molar-refractivity contribution in [2.45, 2.75) is 83.8 Å². The third-order valence-electron chi connectivity index (χ3n) is 7.52. The molecular formula is C35H45N7O7. The van der Waals surface area contributed by atoms with E-state index < -0.39 is 41.1 Å². The molecule has 1 aliphatic rings. The molecule has 1 aromatic heterocycles. The highest BCUT2D eigenvalue weighted by atomic mass is 16.6. The molecule has 1 saturated heterocycles. The van der Waals surface area contributed by atoms with Gasteiger partial charge in [0.2, 0.25) is 17.7 Å². The van der Waals surface area contributed by atoms with Gasteiger partial charge in [-0.15, -0.1) is 0 Å². The molecule has 14 heteroatoms. The maximum absolute atomic E-state index is 13.4. The van der Waals surface area contributed by atoms with Crippen molar-refractivity contribution in [3.05, 3.63) is 78.8 Å². The van der Waals surface area contributed by atoms with Crippen LogP contribution in [0.25, 0.3) is 0 Å². The first kappa shape index (κ1) is 36.6. The summed E-state index contributed by atoms with van der Waals surface area (Å²) in [6.07, 6.45) is 3.36. The lowest BCUT2D eigenvalue weighted by Gasteiger charge is -2.29. The van der Waals surface area contributed by atoms with Gasteiger partial charge < -0.3 is 40.2 Å². The Morgan fingerprint density at radius 1 is 0.939 bits per heavy atom. The lowest BCUT2D eigenvalue weighted by molar-refractivity contribution is -0.137. The van der Waals surface area contributed by atoms with Crippen molar-refractivity contribution in [2.24, 2.45) is 0 Å². The largest absolute Gasteiger partial charge is 0.444 e. The van der Waals surface area contributed by atoms with Gasteiger partial charge in [-0.25, -0.2) is 9.78 Å². The quantitative estimate of drug-likeness (QED) is 0.213. The van der Waals surface area contributed by atoms with E-state index in [9.17, 15) is 24.0 Å². The van der Waals surface area contributed by atoms with Crippen molar-refractivity contribution >= 4 is 41.2 Å². The van der Waals surface area contributed by atoms with Gasteiger partial charge in [-0.05, 0) is 65.2 Å². The number of hydrogen-bond acceptors (Lipinski definition) is 8. The lowest BCUT2D eigenvalue weighted by atomic mass is 10.0. The summed E-state index contributed by atoms with van der Waals surface area (Å²) in [5.41, 5.74) is -0.676. The van der Waals surface area contributed by atoms with Gasteiger partial charge in [0, 0.05) is 18.4 Å². The number of nitrogens with one attached hydrogen (secondary N) is 4. The number of amides is 5. The van der Waals surface area contributed by atoms with Crippen LogP contribution in [0.5, 0.6) is 0 Å². The van der Waals surface area contributed by atoms with Crippen molar-refractivity contribution in [3.63, 3.8) is 0 Å². The molecule has 0 unspecified atom stereocenters. The van der Waals surface area contributed by atoms with Crippen LogP contribution in [0.15, 0.2) is 73.2 Å². The molecule has 2 atom stereocenters. The predicted octanol–water partition coefficient (Wildman–Crippen LogP) is 3.46. The van der Waals surface area contributed by atoms with Gasteiger partial charge in [0.25, 0.3) is 5.91 Å². The third-order valence-corrected chi connectivity index (χ3v) is 7.52. The average Bonchev–Trinajstić information content (AvgIpc) is 3.70. The summed E-state index contributed by atoms with van der Waals surface area (Å²) in [5.74, 6) is -1.63. The van der Waals surface area contributed by atoms with E-state index in [2.05, 4.69) is 26.3 Å². The van der Waals surface area contributed by atoms with Crippen LogP contribution in [0, 0.1) is 0 Å². The van der Waals surface area contributed by atoms with Crippen LogP contribution in [0.4, 0.5) is 16.3 Å². The second-order valence-corrected chi connectivity index (χ2v) is 13.3. The number of nitrogens with zero attached hydrogens (tertiary/aromatic N) is 3. The molecule has 2 heterocycles. The minimum Gasteiger partial charge on any atom is -0.444 e. The Balaban J connectivity index is 1.38. The molecule has 1 aliphatic heterocycles. The van der Waals surface area contributed by atoms with Gasteiger partial charge in [0.05, 0.1) is 19.5 Å². The Kier molecular flexibility index (Phi) is 12.1. The topological polar surface area (TPSA) is 173 Å². The maximum Gasteiger partial charge on any atom is 0.408 e. The molecule has 0 radical (unpaired) electrons. The van der Waals surface area contributed by atoms with Gasteiger partial charge in [-0.2, -0.15) is 0 Å². The van der Waals surface area contributed by atoms with Crippen LogP contribution >= 0.6 is 0 Å². The smallest absolute Gasteiger partial charge is 0.408 e. The van der Waals surface area contributed by atoms with E-state index in [0.717, 1.165) is 5.56 Å². The average molecular weight is 676 g/mol. The molecule has 0 spiro atoms. The van der Waals surface area contributed by atoms with Gasteiger partial charge >= 0.3 is 6.09 Å². The summed E-state index contributed by atoms with van der Waals surface area (Å²) in [7, 11) is 0. The first-order chi connectivity index (χ1) is 23.2. The monoisotopic (exact) mass is 675 g/mol. The fourth-order valence-corrected chi connectivity index (χ4v) is 5.06. The number of likely N-dealkylation sites (tertiary alicyclic amines) is 1. The second kappa shape index (κ2) is 16.2. The highest BCUT2D eigenvalue weighted by Gasteiger charge is 2.36. The molecular weight excluding hydrogens is 630 g/mol. The van der Waals surface area contributed by atoms with E-state index in [4.69, 9.17) is 9.47 Å². The summed E-state index contributed by atoms with van der Waals surface area (Å²) in [6, 6.07) is 16.6. The molecule has 14 nitrogen and oxygen atoms in total. The predicted molar refractivity (Wildman–Crippen MR) is 182 cm³/mol. The molecule has 2 aromatic carbocycles. The first-order valence-electron chi connectivity index (χ1n) is 16.1. The van der Waals surface area contributed by atoms with Crippen molar-refractivity contribution in [1.82, 2.24) is 25.1 Å². The highest BCUT2D eigenvalue weighted by molar-refractivity contribution is 5.99.